The smallest absolute Gasteiger partial charge is 0.345 e. The monoisotopic (exact) mass is 433 g/mol. The molecule has 0 heterocycles. The number of benzene rings is 3. The van der Waals surface area contributed by atoms with Crippen molar-refractivity contribution in [3.63, 3.8) is 0 Å². The van der Waals surface area contributed by atoms with Gasteiger partial charge < -0.3 is 19.5 Å². The highest BCUT2D eigenvalue weighted by Gasteiger charge is 2.26. The number of hydrogen-bond acceptors (Lipinski definition) is 5. The summed E-state index contributed by atoms with van der Waals surface area (Å²) in [6.07, 6.45) is -1.12. The van der Waals surface area contributed by atoms with Crippen LogP contribution < -0.4 is 14.8 Å². The summed E-state index contributed by atoms with van der Waals surface area (Å²) in [7, 11) is 1.53. The third-order valence-corrected chi connectivity index (χ3v) is 4.91. The summed E-state index contributed by atoms with van der Waals surface area (Å²) in [5.41, 5.74) is 4.17. The quantitative estimate of drug-likeness (QED) is 0.510. The molecule has 3 aromatic carbocycles. The first-order valence-electron chi connectivity index (χ1n) is 10.3. The molecule has 0 aliphatic carbocycles. The molecule has 1 N–H and O–H groups in total. The average Bonchev–Trinajstić information content (AvgIpc) is 2.79. The van der Waals surface area contributed by atoms with Crippen LogP contribution in [0.5, 0.6) is 11.5 Å². The standard InChI is InChI=1S/C26H27NO5/c1-17-10-12-19(3)21(14-17)27-26(29)25(20-8-6-5-7-9-20)32-24(28)16-31-22-13-11-18(2)15-23(22)30-4/h5-15,25H,16H2,1-4H3,(H,27,29). The Morgan fingerprint density at radius 1 is 0.875 bits per heavy atom. The van der Waals surface area contributed by atoms with Gasteiger partial charge in [-0.25, -0.2) is 4.79 Å². The molecule has 3 aromatic rings. The topological polar surface area (TPSA) is 73.9 Å². The van der Waals surface area contributed by atoms with Gasteiger partial charge in [-0.05, 0) is 55.7 Å². The molecule has 0 saturated carbocycles. The van der Waals surface area contributed by atoms with Crippen LogP contribution in [-0.4, -0.2) is 25.6 Å². The number of carbonyl (C=O) groups excluding carboxylic acids is 2. The number of methoxy groups -OCH3 is 1. The molecule has 0 aliphatic heterocycles. The molecule has 0 aromatic heterocycles. The summed E-state index contributed by atoms with van der Waals surface area (Å²) in [6.45, 7) is 5.42. The highest BCUT2D eigenvalue weighted by molar-refractivity contribution is 5.96. The van der Waals surface area contributed by atoms with Gasteiger partial charge in [0.15, 0.2) is 18.1 Å². The molecular formula is C26H27NO5. The normalized spacial score (nSPS) is 11.4. The van der Waals surface area contributed by atoms with E-state index in [1.165, 1.54) is 7.11 Å². The number of carbonyl (C=O) groups is 2. The molecule has 6 nitrogen and oxygen atoms in total. The van der Waals surface area contributed by atoms with Crippen LogP contribution in [0.3, 0.4) is 0 Å². The van der Waals surface area contributed by atoms with Crippen molar-refractivity contribution in [1.29, 1.82) is 0 Å². The van der Waals surface area contributed by atoms with Crippen molar-refractivity contribution >= 4 is 17.6 Å². The van der Waals surface area contributed by atoms with Crippen molar-refractivity contribution in [1.82, 2.24) is 0 Å². The summed E-state index contributed by atoms with van der Waals surface area (Å²) in [6, 6.07) is 20.1. The zero-order chi connectivity index (χ0) is 23.1. The summed E-state index contributed by atoms with van der Waals surface area (Å²) in [4.78, 5) is 25.7. The lowest BCUT2D eigenvalue weighted by Gasteiger charge is -2.19. The minimum Gasteiger partial charge on any atom is -0.493 e. The summed E-state index contributed by atoms with van der Waals surface area (Å²) in [5, 5.41) is 2.88. The molecule has 0 bridgehead atoms. The van der Waals surface area contributed by atoms with Crippen LogP contribution in [0.25, 0.3) is 0 Å². The van der Waals surface area contributed by atoms with Gasteiger partial charge in [0.2, 0.25) is 6.10 Å². The van der Waals surface area contributed by atoms with E-state index in [2.05, 4.69) is 5.32 Å². The number of amides is 1. The summed E-state index contributed by atoms with van der Waals surface area (Å²) in [5.74, 6) is -0.167. The van der Waals surface area contributed by atoms with Crippen LogP contribution in [0, 0.1) is 20.8 Å². The summed E-state index contributed by atoms with van der Waals surface area (Å²) < 4.78 is 16.4. The number of aryl methyl sites for hydroxylation is 3. The van der Waals surface area contributed by atoms with Gasteiger partial charge in [0.1, 0.15) is 0 Å². The van der Waals surface area contributed by atoms with Crippen molar-refractivity contribution in [3.8, 4) is 11.5 Å². The molecule has 0 radical (unpaired) electrons. The van der Waals surface area contributed by atoms with E-state index in [0.29, 0.717) is 22.7 Å². The Hall–Kier alpha value is -3.80. The van der Waals surface area contributed by atoms with Crippen LogP contribution in [0.1, 0.15) is 28.4 Å². The van der Waals surface area contributed by atoms with E-state index in [0.717, 1.165) is 16.7 Å². The molecule has 1 atom stereocenters. The van der Waals surface area contributed by atoms with Gasteiger partial charge >= 0.3 is 5.97 Å². The van der Waals surface area contributed by atoms with Crippen molar-refractivity contribution < 1.29 is 23.8 Å². The van der Waals surface area contributed by atoms with E-state index in [4.69, 9.17) is 14.2 Å². The third kappa shape index (κ3) is 5.88. The fraction of sp³-hybridized carbons (Fsp3) is 0.231. The van der Waals surface area contributed by atoms with Crippen LogP contribution >= 0.6 is 0 Å². The molecule has 6 heteroatoms. The number of anilines is 1. The molecule has 0 spiro atoms. The van der Waals surface area contributed by atoms with E-state index >= 15 is 0 Å². The predicted octanol–water partition coefficient (Wildman–Crippen LogP) is 4.92. The Kier molecular flexibility index (Phi) is 7.49. The highest BCUT2D eigenvalue weighted by Crippen LogP contribution is 2.28. The van der Waals surface area contributed by atoms with Crippen LogP contribution in [0.4, 0.5) is 5.69 Å². The Bertz CT molecular complexity index is 1090. The van der Waals surface area contributed by atoms with Gasteiger partial charge in [0, 0.05) is 11.3 Å². The molecule has 3 rings (SSSR count). The number of rotatable bonds is 8. The van der Waals surface area contributed by atoms with Crippen LogP contribution in [0.2, 0.25) is 0 Å². The average molecular weight is 434 g/mol. The molecule has 0 aliphatic rings. The maximum atomic E-state index is 13.1. The fourth-order valence-corrected chi connectivity index (χ4v) is 3.17. The Morgan fingerprint density at radius 3 is 2.28 bits per heavy atom. The van der Waals surface area contributed by atoms with Crippen molar-refractivity contribution in [2.24, 2.45) is 0 Å². The lowest BCUT2D eigenvalue weighted by atomic mass is 10.1. The van der Waals surface area contributed by atoms with E-state index in [-0.39, 0.29) is 6.61 Å². The zero-order valence-electron chi connectivity index (χ0n) is 18.7. The van der Waals surface area contributed by atoms with Crippen molar-refractivity contribution in [3.05, 3.63) is 89.0 Å². The lowest BCUT2D eigenvalue weighted by molar-refractivity contribution is -0.156. The number of ether oxygens (including phenoxy) is 3. The lowest BCUT2D eigenvalue weighted by Crippen LogP contribution is -2.28. The minimum atomic E-state index is -1.12. The fourth-order valence-electron chi connectivity index (χ4n) is 3.17. The molecule has 1 unspecified atom stereocenters. The van der Waals surface area contributed by atoms with Gasteiger partial charge in [-0.2, -0.15) is 0 Å². The predicted molar refractivity (Wildman–Crippen MR) is 123 cm³/mol. The molecule has 32 heavy (non-hydrogen) atoms. The van der Waals surface area contributed by atoms with Crippen molar-refractivity contribution in [2.75, 3.05) is 19.0 Å². The second-order valence-electron chi connectivity index (χ2n) is 7.53. The van der Waals surface area contributed by atoms with Crippen LogP contribution in [0.15, 0.2) is 66.7 Å². The van der Waals surface area contributed by atoms with Gasteiger partial charge in [-0.1, -0.05) is 48.5 Å². The molecule has 0 saturated heterocycles. The van der Waals surface area contributed by atoms with E-state index in [1.807, 2.05) is 57.2 Å². The second-order valence-corrected chi connectivity index (χ2v) is 7.53. The van der Waals surface area contributed by atoms with E-state index < -0.39 is 18.0 Å². The number of hydrogen-bond donors (Lipinski definition) is 1. The van der Waals surface area contributed by atoms with Gasteiger partial charge in [-0.15, -0.1) is 0 Å². The highest BCUT2D eigenvalue weighted by atomic mass is 16.6. The number of nitrogens with one attached hydrogen (secondary N) is 1. The van der Waals surface area contributed by atoms with Gasteiger partial charge in [-0.3, -0.25) is 4.79 Å². The zero-order valence-corrected chi connectivity index (χ0v) is 18.7. The molecule has 0 fully saturated rings. The first-order chi connectivity index (χ1) is 15.4. The van der Waals surface area contributed by atoms with E-state index in [9.17, 15) is 9.59 Å². The van der Waals surface area contributed by atoms with Crippen molar-refractivity contribution in [2.45, 2.75) is 26.9 Å². The van der Waals surface area contributed by atoms with Gasteiger partial charge in [0.25, 0.3) is 5.91 Å². The minimum absolute atomic E-state index is 0.362. The second kappa shape index (κ2) is 10.5. The third-order valence-electron chi connectivity index (χ3n) is 4.91. The first kappa shape index (κ1) is 22.9. The Balaban J connectivity index is 1.74. The molecular weight excluding hydrogens is 406 g/mol. The van der Waals surface area contributed by atoms with Gasteiger partial charge in [0.05, 0.1) is 7.11 Å². The maximum absolute atomic E-state index is 13.1. The number of esters is 1. The first-order valence-corrected chi connectivity index (χ1v) is 10.3. The Morgan fingerprint density at radius 2 is 1.56 bits per heavy atom. The molecule has 1 amide bonds. The summed E-state index contributed by atoms with van der Waals surface area (Å²) >= 11 is 0. The van der Waals surface area contributed by atoms with E-state index in [1.54, 1.807) is 30.3 Å². The van der Waals surface area contributed by atoms with Crippen LogP contribution in [-0.2, 0) is 14.3 Å². The Labute approximate surface area is 188 Å². The maximum Gasteiger partial charge on any atom is 0.345 e. The SMILES string of the molecule is COc1cc(C)ccc1OCC(=O)OC(C(=O)Nc1cc(C)ccc1C)c1ccccc1. The molecule has 166 valence electrons. The largest absolute Gasteiger partial charge is 0.493 e.